The Morgan fingerprint density at radius 2 is 1.24 bits per heavy atom. The highest BCUT2D eigenvalue weighted by Gasteiger charge is 2.57. The lowest BCUT2D eigenvalue weighted by Gasteiger charge is -2.49. The van der Waals surface area contributed by atoms with Gasteiger partial charge in [-0.3, -0.25) is 24.7 Å². The summed E-state index contributed by atoms with van der Waals surface area (Å²) < 4.78 is 20.5. The number of amides is 1. The van der Waals surface area contributed by atoms with Gasteiger partial charge in [0.1, 0.15) is 0 Å². The first-order valence-corrected chi connectivity index (χ1v) is 17.2. The molecular formula is C20H48N9OP3. The predicted octanol–water partition coefficient (Wildman–Crippen LogP) is 5.79. The van der Waals surface area contributed by atoms with E-state index in [0.29, 0.717) is 0 Å². The Bertz CT molecular complexity index is 866. The highest BCUT2D eigenvalue weighted by molar-refractivity contribution is 7.86. The van der Waals surface area contributed by atoms with Crippen LogP contribution in [0, 0.1) is 0 Å². The van der Waals surface area contributed by atoms with E-state index in [2.05, 4.69) is 108 Å². The van der Waals surface area contributed by atoms with Crippen molar-refractivity contribution in [2.45, 2.75) is 119 Å². The summed E-state index contributed by atoms with van der Waals surface area (Å²) in [6.07, 6.45) is 0. The van der Waals surface area contributed by atoms with Crippen molar-refractivity contribution >= 4 is 28.4 Å². The molecule has 13 heteroatoms. The fourth-order valence-electron chi connectivity index (χ4n) is 4.20. The van der Waals surface area contributed by atoms with Crippen LogP contribution in [0.15, 0.2) is 13.8 Å². The Morgan fingerprint density at radius 3 is 1.64 bits per heavy atom. The SMILES string of the molecule is CC(C)N=[P@@]1(NC(C)C)N=P(NC(C)C)(NC(C)C)N2CC(=O)N(C(C)C)[P@]2(NC(C)C)=N1. The number of nitrogens with zero attached hydrogens (tertiary/aromatic N) is 5. The molecule has 10 nitrogen and oxygen atoms in total. The van der Waals surface area contributed by atoms with E-state index in [9.17, 15) is 4.79 Å². The highest BCUT2D eigenvalue weighted by atomic mass is 31.3. The molecule has 0 unspecified atom stereocenters. The van der Waals surface area contributed by atoms with Gasteiger partial charge in [0, 0.05) is 36.3 Å². The maximum absolute atomic E-state index is 13.6. The molecule has 2 aliphatic rings. The number of nitrogens with one attached hydrogen (secondary N) is 4. The van der Waals surface area contributed by atoms with Crippen molar-refractivity contribution in [2.75, 3.05) is 6.54 Å². The fourth-order valence-corrected chi connectivity index (χ4v) is 18.8. The van der Waals surface area contributed by atoms with E-state index in [1.165, 1.54) is 0 Å². The Hall–Kier alpha value is -0.0400. The number of fused-ring (bicyclic) bond motifs is 1. The summed E-state index contributed by atoms with van der Waals surface area (Å²) in [5.74, 6) is 0.0972. The molecule has 2 heterocycles. The minimum absolute atomic E-state index is 0.00364. The summed E-state index contributed by atoms with van der Waals surface area (Å²) in [5.41, 5.74) is 0. The van der Waals surface area contributed by atoms with Gasteiger partial charge >= 0.3 is 0 Å². The van der Waals surface area contributed by atoms with Gasteiger partial charge in [-0.05, 0) is 83.1 Å². The van der Waals surface area contributed by atoms with Crippen molar-refractivity contribution in [1.29, 1.82) is 0 Å². The Labute approximate surface area is 202 Å². The van der Waals surface area contributed by atoms with Gasteiger partial charge in [-0.1, -0.05) is 0 Å². The van der Waals surface area contributed by atoms with E-state index >= 15 is 0 Å². The lowest BCUT2D eigenvalue weighted by molar-refractivity contribution is -0.125. The highest BCUT2D eigenvalue weighted by Crippen LogP contribution is 2.80. The number of rotatable bonds is 10. The molecule has 33 heavy (non-hydrogen) atoms. The second-order valence-electron chi connectivity index (χ2n) is 10.6. The molecule has 1 saturated heterocycles. The van der Waals surface area contributed by atoms with E-state index in [-0.39, 0.29) is 48.7 Å². The smallest absolute Gasteiger partial charge is 0.258 e. The molecule has 0 aliphatic carbocycles. The monoisotopic (exact) mass is 523 g/mol. The van der Waals surface area contributed by atoms with Crippen molar-refractivity contribution in [3.63, 3.8) is 0 Å². The molecule has 0 radical (unpaired) electrons. The zero-order chi connectivity index (χ0) is 25.4. The van der Waals surface area contributed by atoms with Crippen LogP contribution >= 0.6 is 22.5 Å². The normalized spacial score (nSPS) is 27.8. The molecule has 0 bridgehead atoms. The molecule has 0 spiro atoms. The van der Waals surface area contributed by atoms with Crippen LogP contribution in [0.2, 0.25) is 0 Å². The molecule has 0 saturated carbocycles. The van der Waals surface area contributed by atoms with Crippen LogP contribution in [0.25, 0.3) is 0 Å². The topological polar surface area (TPSA) is 109 Å². The third kappa shape index (κ3) is 6.40. The van der Waals surface area contributed by atoms with E-state index < -0.39 is 22.5 Å². The van der Waals surface area contributed by atoms with Crippen LogP contribution in [0.3, 0.4) is 0 Å². The Kier molecular flexibility index (Phi) is 9.66. The molecule has 0 aromatic heterocycles. The summed E-state index contributed by atoms with van der Waals surface area (Å²) in [6.45, 7) is 25.6. The van der Waals surface area contributed by atoms with E-state index in [1.807, 2.05) is 4.67 Å². The molecule has 1 amide bonds. The van der Waals surface area contributed by atoms with Crippen molar-refractivity contribution in [2.24, 2.45) is 13.8 Å². The third-order valence-corrected chi connectivity index (χ3v) is 17.3. The molecule has 0 aromatic rings. The van der Waals surface area contributed by atoms with Crippen LogP contribution in [0.1, 0.15) is 83.1 Å². The average Bonchev–Trinajstić information content (AvgIpc) is 2.82. The Balaban J connectivity index is 3.09. The van der Waals surface area contributed by atoms with Crippen LogP contribution in [0.5, 0.6) is 0 Å². The first-order chi connectivity index (χ1) is 15.1. The summed E-state index contributed by atoms with van der Waals surface area (Å²) in [5, 5.41) is 15.1. The number of hydrogen-bond acceptors (Lipinski definition) is 6. The van der Waals surface area contributed by atoms with Crippen LogP contribution in [-0.4, -0.2) is 57.8 Å². The number of hydrogen-bond donors (Lipinski definition) is 4. The second kappa shape index (κ2) is 10.9. The van der Waals surface area contributed by atoms with Gasteiger partial charge in [-0.2, -0.15) is 13.5 Å². The number of carbonyl (C=O) groups excluding carboxylic acids is 1. The van der Waals surface area contributed by atoms with E-state index in [4.69, 9.17) is 13.8 Å². The fraction of sp³-hybridized carbons (Fsp3) is 0.950. The molecule has 0 aromatic carbocycles. The molecule has 2 atom stereocenters. The zero-order valence-corrected chi connectivity index (χ0v) is 25.3. The van der Waals surface area contributed by atoms with Crippen molar-refractivity contribution in [3.05, 3.63) is 0 Å². The molecule has 194 valence electrons. The van der Waals surface area contributed by atoms with Crippen LogP contribution in [-0.2, 0) is 4.79 Å². The molecule has 4 N–H and O–H groups in total. The van der Waals surface area contributed by atoms with Gasteiger partial charge in [0.15, 0.2) is 7.51 Å². The maximum Gasteiger partial charge on any atom is 0.258 e. The molecule has 1 fully saturated rings. The Morgan fingerprint density at radius 1 is 0.758 bits per heavy atom. The van der Waals surface area contributed by atoms with Gasteiger partial charge < -0.3 is 0 Å². The van der Waals surface area contributed by atoms with Crippen molar-refractivity contribution in [1.82, 2.24) is 29.5 Å². The lowest BCUT2D eigenvalue weighted by Crippen LogP contribution is -2.44. The van der Waals surface area contributed by atoms with Gasteiger partial charge in [0.05, 0.1) is 6.54 Å². The van der Waals surface area contributed by atoms with Crippen LogP contribution in [0.4, 0.5) is 0 Å². The van der Waals surface area contributed by atoms with Crippen molar-refractivity contribution < 1.29 is 4.79 Å². The lowest BCUT2D eigenvalue weighted by atomic mass is 10.4. The largest absolute Gasteiger partial charge is 0.281 e. The molecule has 2 aliphatic heterocycles. The summed E-state index contributed by atoms with van der Waals surface area (Å²) in [6, 6.07) is 0.656. The van der Waals surface area contributed by atoms with E-state index in [0.717, 1.165) is 0 Å². The van der Waals surface area contributed by atoms with Gasteiger partial charge in [-0.25, -0.2) is 9.83 Å². The van der Waals surface area contributed by atoms with Gasteiger partial charge in [0.25, 0.3) is 7.51 Å². The van der Waals surface area contributed by atoms with E-state index in [1.54, 1.807) is 0 Å². The zero-order valence-electron chi connectivity index (χ0n) is 22.7. The van der Waals surface area contributed by atoms with Crippen molar-refractivity contribution in [3.8, 4) is 0 Å². The second-order valence-corrected chi connectivity index (χ2v) is 18.5. The summed E-state index contributed by atoms with van der Waals surface area (Å²) >= 11 is 0. The predicted molar refractivity (Wildman–Crippen MR) is 145 cm³/mol. The third-order valence-electron chi connectivity index (χ3n) is 4.61. The quantitative estimate of drug-likeness (QED) is 0.270. The minimum Gasteiger partial charge on any atom is -0.281 e. The molecular weight excluding hydrogens is 475 g/mol. The first-order valence-electron chi connectivity index (χ1n) is 12.2. The van der Waals surface area contributed by atoms with Crippen LogP contribution < -0.4 is 20.3 Å². The average molecular weight is 524 g/mol. The minimum atomic E-state index is -2.73. The summed E-state index contributed by atoms with van der Waals surface area (Å²) in [7, 11) is -8.01. The summed E-state index contributed by atoms with van der Waals surface area (Å²) in [4.78, 5) is 13.6. The number of carbonyl (C=O) groups is 1. The van der Waals surface area contributed by atoms with Gasteiger partial charge in [-0.15, -0.1) is 0 Å². The maximum atomic E-state index is 13.6. The standard InChI is InChI=1S/C20H48N9OP3/c1-14(2)21-31(22-15(3)4)26-32(23-16(5)6,24-17(7)8)28-13-20(30)29(19(11)12)33(28,27-31)25-18(9)10/h14-19,21,23-25H,13H2,1-12H3/t31-,33+/m0/s1. The van der Waals surface area contributed by atoms with Gasteiger partial charge in [0.2, 0.25) is 13.4 Å². The molecule has 2 rings (SSSR count). The first kappa shape index (κ1) is 29.2.